The predicted molar refractivity (Wildman–Crippen MR) is 148 cm³/mol. The molecule has 2 rings (SSSR count). The van der Waals surface area contributed by atoms with Gasteiger partial charge >= 0.3 is 17.6 Å². The van der Waals surface area contributed by atoms with Gasteiger partial charge in [-0.15, -0.1) is 0 Å². The number of benzene rings is 2. The molecule has 0 atom stereocenters. The van der Waals surface area contributed by atoms with Crippen molar-refractivity contribution in [1.29, 1.82) is 0 Å². The van der Waals surface area contributed by atoms with Crippen LogP contribution in [0.4, 0.5) is 0 Å². The van der Waals surface area contributed by atoms with Crippen molar-refractivity contribution in [2.24, 2.45) is 0 Å². The number of hydrogen-bond donors (Lipinski definition) is 0. The molecule has 2 aromatic carbocycles. The SMILES string of the molecule is CCCCO[Si](OCCCC)(O[Si](OCCCC)(OCCCC)c1ccccc1)c1ccccc1. The second kappa shape index (κ2) is 17.2. The van der Waals surface area contributed by atoms with Crippen LogP contribution in [0.3, 0.4) is 0 Å². The molecule has 5 nitrogen and oxygen atoms in total. The van der Waals surface area contributed by atoms with Crippen LogP contribution in [0.1, 0.15) is 79.1 Å². The van der Waals surface area contributed by atoms with Crippen molar-refractivity contribution in [1.82, 2.24) is 0 Å². The third kappa shape index (κ3) is 9.57. The Balaban J connectivity index is 2.59. The summed E-state index contributed by atoms with van der Waals surface area (Å²) >= 11 is 0. The highest BCUT2D eigenvalue weighted by Gasteiger charge is 2.56. The zero-order chi connectivity index (χ0) is 25.2. The predicted octanol–water partition coefficient (Wildman–Crippen LogP) is 5.96. The lowest BCUT2D eigenvalue weighted by atomic mass is 10.4. The van der Waals surface area contributed by atoms with Gasteiger partial charge in [-0.25, -0.2) is 0 Å². The summed E-state index contributed by atoms with van der Waals surface area (Å²) in [4.78, 5) is 0. The first kappa shape index (κ1) is 29.9. The fourth-order valence-corrected chi connectivity index (χ4v) is 10.5. The average Bonchev–Trinajstić information content (AvgIpc) is 2.90. The van der Waals surface area contributed by atoms with Gasteiger partial charge in [-0.2, -0.15) is 0 Å². The van der Waals surface area contributed by atoms with Crippen molar-refractivity contribution in [3.05, 3.63) is 60.7 Å². The van der Waals surface area contributed by atoms with E-state index in [9.17, 15) is 0 Å². The third-order valence-electron chi connectivity index (χ3n) is 5.68. The van der Waals surface area contributed by atoms with Crippen LogP contribution < -0.4 is 10.4 Å². The molecule has 0 unspecified atom stereocenters. The van der Waals surface area contributed by atoms with Crippen molar-refractivity contribution >= 4 is 28.0 Å². The van der Waals surface area contributed by atoms with E-state index in [-0.39, 0.29) is 0 Å². The van der Waals surface area contributed by atoms with Crippen LogP contribution in [-0.4, -0.2) is 44.0 Å². The van der Waals surface area contributed by atoms with Crippen LogP contribution in [0.2, 0.25) is 0 Å². The van der Waals surface area contributed by atoms with Crippen molar-refractivity contribution in [2.75, 3.05) is 26.4 Å². The zero-order valence-electron chi connectivity index (χ0n) is 22.3. The molecule has 0 N–H and O–H groups in total. The van der Waals surface area contributed by atoms with E-state index in [0.717, 1.165) is 61.7 Å². The van der Waals surface area contributed by atoms with Crippen molar-refractivity contribution in [3.8, 4) is 0 Å². The molecule has 0 bridgehead atoms. The molecule has 0 saturated heterocycles. The minimum atomic E-state index is -3.37. The highest BCUT2D eigenvalue weighted by molar-refractivity contribution is 6.88. The van der Waals surface area contributed by atoms with E-state index < -0.39 is 17.6 Å². The van der Waals surface area contributed by atoms with E-state index in [2.05, 4.69) is 52.0 Å². The van der Waals surface area contributed by atoms with E-state index in [4.69, 9.17) is 21.8 Å². The molecule has 35 heavy (non-hydrogen) atoms. The first-order chi connectivity index (χ1) is 17.2. The summed E-state index contributed by atoms with van der Waals surface area (Å²) in [5.74, 6) is 0. The lowest BCUT2D eigenvalue weighted by molar-refractivity contribution is 0.0555. The largest absolute Gasteiger partial charge is 0.530 e. The Morgan fingerprint density at radius 1 is 0.457 bits per heavy atom. The van der Waals surface area contributed by atoms with E-state index in [1.807, 2.05) is 36.4 Å². The van der Waals surface area contributed by atoms with E-state index >= 15 is 0 Å². The molecule has 0 heterocycles. The highest BCUT2D eigenvalue weighted by Crippen LogP contribution is 2.23. The molecule has 0 fully saturated rings. The maximum Gasteiger partial charge on any atom is 0.530 e. The first-order valence-corrected chi connectivity index (χ1v) is 17.0. The molecule has 0 aliphatic carbocycles. The molecule has 2 aromatic rings. The molecular weight excluding hydrogens is 472 g/mol. The molecule has 196 valence electrons. The standard InChI is InChI=1S/C28H46O5Si2/c1-5-9-23-29-34(30-24-10-6-2,27-19-15-13-16-20-27)33-35(31-25-11-7-3,32-26-12-8-4)28-21-17-14-18-22-28/h13-22H,5-12,23-26H2,1-4H3. The lowest BCUT2D eigenvalue weighted by Crippen LogP contribution is -2.69. The summed E-state index contributed by atoms with van der Waals surface area (Å²) in [6.07, 6.45) is 7.91. The van der Waals surface area contributed by atoms with Gasteiger partial charge in [0, 0.05) is 36.8 Å². The van der Waals surface area contributed by atoms with Gasteiger partial charge in [-0.1, -0.05) is 114 Å². The Labute approximate surface area is 215 Å². The minimum Gasteiger partial charge on any atom is -0.370 e. The number of rotatable bonds is 20. The normalized spacial score (nSPS) is 12.2. The lowest BCUT2D eigenvalue weighted by Gasteiger charge is -2.39. The van der Waals surface area contributed by atoms with Crippen LogP contribution in [0, 0.1) is 0 Å². The Morgan fingerprint density at radius 2 is 0.743 bits per heavy atom. The van der Waals surface area contributed by atoms with Gasteiger partial charge in [-0.3, -0.25) is 0 Å². The molecule has 0 radical (unpaired) electrons. The van der Waals surface area contributed by atoms with Gasteiger partial charge in [0.05, 0.1) is 0 Å². The van der Waals surface area contributed by atoms with Crippen LogP contribution in [0.5, 0.6) is 0 Å². The Morgan fingerprint density at radius 3 is 1.00 bits per heavy atom. The fraction of sp³-hybridized carbons (Fsp3) is 0.571. The first-order valence-electron chi connectivity index (χ1n) is 13.5. The summed E-state index contributed by atoms with van der Waals surface area (Å²) in [6, 6.07) is 20.4. The molecule has 0 saturated carbocycles. The van der Waals surface area contributed by atoms with Gasteiger partial charge in [0.15, 0.2) is 0 Å². The van der Waals surface area contributed by atoms with Crippen LogP contribution in [0.25, 0.3) is 0 Å². The molecule has 7 heteroatoms. The Kier molecular flexibility index (Phi) is 14.7. The van der Waals surface area contributed by atoms with Gasteiger partial charge in [0.25, 0.3) is 0 Å². The third-order valence-corrected chi connectivity index (χ3v) is 12.3. The second-order valence-corrected chi connectivity index (χ2v) is 14.1. The molecule has 0 spiro atoms. The van der Waals surface area contributed by atoms with E-state index in [0.29, 0.717) is 26.4 Å². The fourth-order valence-electron chi connectivity index (χ4n) is 3.52. The molecule has 0 aromatic heterocycles. The molecular formula is C28H46O5Si2. The maximum atomic E-state index is 7.17. The summed E-state index contributed by atoms with van der Waals surface area (Å²) in [5, 5.41) is 1.91. The van der Waals surface area contributed by atoms with Gasteiger partial charge in [-0.05, 0) is 25.7 Å². The summed E-state index contributed by atoms with van der Waals surface area (Å²) in [5.41, 5.74) is 0. The molecule has 0 aliphatic heterocycles. The molecule has 0 amide bonds. The minimum absolute atomic E-state index is 0.576. The van der Waals surface area contributed by atoms with Crippen LogP contribution in [0.15, 0.2) is 60.7 Å². The maximum absolute atomic E-state index is 7.17. The van der Waals surface area contributed by atoms with Crippen molar-refractivity contribution < 1.29 is 21.8 Å². The number of hydrogen-bond acceptors (Lipinski definition) is 5. The van der Waals surface area contributed by atoms with Crippen molar-refractivity contribution in [3.63, 3.8) is 0 Å². The van der Waals surface area contributed by atoms with Gasteiger partial charge in [0.1, 0.15) is 0 Å². The summed E-state index contributed by atoms with van der Waals surface area (Å²) in [6.45, 7) is 11.0. The van der Waals surface area contributed by atoms with E-state index in [1.165, 1.54) is 0 Å². The quantitative estimate of drug-likeness (QED) is 0.160. The monoisotopic (exact) mass is 518 g/mol. The summed E-state index contributed by atoms with van der Waals surface area (Å²) in [7, 11) is -6.75. The second-order valence-electron chi connectivity index (χ2n) is 8.75. The smallest absolute Gasteiger partial charge is 0.370 e. The Bertz CT molecular complexity index is 690. The van der Waals surface area contributed by atoms with Crippen molar-refractivity contribution in [2.45, 2.75) is 79.1 Å². The highest BCUT2D eigenvalue weighted by atomic mass is 28.5. The van der Waals surface area contributed by atoms with Crippen LogP contribution in [-0.2, 0) is 21.8 Å². The van der Waals surface area contributed by atoms with Gasteiger partial charge < -0.3 is 21.8 Å². The number of unbranched alkanes of at least 4 members (excludes halogenated alkanes) is 4. The van der Waals surface area contributed by atoms with E-state index in [1.54, 1.807) is 0 Å². The van der Waals surface area contributed by atoms with Crippen LogP contribution >= 0.6 is 0 Å². The van der Waals surface area contributed by atoms with Gasteiger partial charge in [0.2, 0.25) is 0 Å². The topological polar surface area (TPSA) is 46.2 Å². The summed E-state index contributed by atoms with van der Waals surface area (Å²) < 4.78 is 33.8. The average molecular weight is 519 g/mol. The Hall–Kier alpha value is -1.33. The molecule has 0 aliphatic rings. The zero-order valence-corrected chi connectivity index (χ0v) is 24.3.